The quantitative estimate of drug-likeness (QED) is 0.671. The average Bonchev–Trinajstić information content (AvgIpc) is 2.45. The maximum absolute atomic E-state index is 12.2. The van der Waals surface area contributed by atoms with E-state index in [1.54, 1.807) is 7.05 Å². The summed E-state index contributed by atoms with van der Waals surface area (Å²) in [5, 5.41) is 6.00. The maximum Gasteiger partial charge on any atom is 0.239 e. The number of hydrogen-bond acceptors (Lipinski definition) is 4. The minimum atomic E-state index is -0.0839. The van der Waals surface area contributed by atoms with Gasteiger partial charge >= 0.3 is 0 Å². The topological polar surface area (TPSA) is 64.7 Å². The van der Waals surface area contributed by atoms with E-state index in [2.05, 4.69) is 15.5 Å². The Balaban J connectivity index is 0.00000441. The fourth-order valence-corrected chi connectivity index (χ4v) is 2.69. The van der Waals surface area contributed by atoms with Gasteiger partial charge in [-0.15, -0.1) is 12.4 Å². The number of carbonyl (C=O) groups is 2. The molecule has 1 aliphatic heterocycles. The lowest BCUT2D eigenvalue weighted by Gasteiger charge is -2.33. The van der Waals surface area contributed by atoms with Crippen LogP contribution < -0.4 is 10.6 Å². The first-order chi connectivity index (χ1) is 10.1. The van der Waals surface area contributed by atoms with E-state index in [0.717, 1.165) is 32.5 Å². The van der Waals surface area contributed by atoms with Gasteiger partial charge in [0, 0.05) is 20.1 Å². The normalized spacial score (nSPS) is 18.4. The summed E-state index contributed by atoms with van der Waals surface area (Å²) in [6.45, 7) is 6.17. The molecule has 1 heterocycles. The highest BCUT2D eigenvalue weighted by atomic mass is 35.5. The SMILES string of the molecule is CCCNC(=O)CN(C)C(=O)CN1CCCC(CNC)C1.Cl. The Morgan fingerprint density at radius 1 is 1.36 bits per heavy atom. The van der Waals surface area contributed by atoms with E-state index in [4.69, 9.17) is 0 Å². The number of nitrogens with one attached hydrogen (secondary N) is 2. The predicted molar refractivity (Wildman–Crippen MR) is 91.3 cm³/mol. The van der Waals surface area contributed by atoms with Gasteiger partial charge in [-0.05, 0) is 45.3 Å². The minimum absolute atomic E-state index is 0. The van der Waals surface area contributed by atoms with Crippen LogP contribution in [0.5, 0.6) is 0 Å². The molecule has 2 N–H and O–H groups in total. The van der Waals surface area contributed by atoms with Crippen LogP contribution >= 0.6 is 12.4 Å². The van der Waals surface area contributed by atoms with Crippen LogP contribution in [0.4, 0.5) is 0 Å². The first-order valence-electron chi connectivity index (χ1n) is 7.94. The first-order valence-corrected chi connectivity index (χ1v) is 7.94. The predicted octanol–water partition coefficient (Wildman–Crippen LogP) is 0.324. The molecule has 0 aromatic carbocycles. The lowest BCUT2D eigenvalue weighted by Crippen LogP contribution is -2.46. The highest BCUT2D eigenvalue weighted by Gasteiger charge is 2.22. The molecule has 0 saturated carbocycles. The zero-order chi connectivity index (χ0) is 15.7. The Hall–Kier alpha value is -0.850. The van der Waals surface area contributed by atoms with Crippen LogP contribution in [0.1, 0.15) is 26.2 Å². The van der Waals surface area contributed by atoms with Crippen molar-refractivity contribution in [2.24, 2.45) is 5.92 Å². The zero-order valence-corrected chi connectivity index (χ0v) is 14.9. The van der Waals surface area contributed by atoms with Gasteiger partial charge in [0.15, 0.2) is 0 Å². The van der Waals surface area contributed by atoms with Gasteiger partial charge in [0.05, 0.1) is 13.1 Å². The maximum atomic E-state index is 12.2. The summed E-state index contributed by atoms with van der Waals surface area (Å²) in [5.41, 5.74) is 0. The van der Waals surface area contributed by atoms with Crippen molar-refractivity contribution >= 4 is 24.2 Å². The molecular weight excluding hydrogens is 304 g/mol. The number of halogens is 1. The molecule has 1 atom stereocenters. The highest BCUT2D eigenvalue weighted by molar-refractivity contribution is 5.85. The van der Waals surface area contributed by atoms with Crippen molar-refractivity contribution in [1.29, 1.82) is 0 Å². The molecule has 0 spiro atoms. The summed E-state index contributed by atoms with van der Waals surface area (Å²) < 4.78 is 0. The van der Waals surface area contributed by atoms with Crippen molar-refractivity contribution in [2.45, 2.75) is 26.2 Å². The summed E-state index contributed by atoms with van der Waals surface area (Å²) in [6, 6.07) is 0. The van der Waals surface area contributed by atoms with E-state index in [0.29, 0.717) is 19.0 Å². The number of nitrogens with zero attached hydrogens (tertiary/aromatic N) is 2. The van der Waals surface area contributed by atoms with Crippen molar-refractivity contribution in [2.75, 3.05) is 53.4 Å². The van der Waals surface area contributed by atoms with Crippen LogP contribution in [0.25, 0.3) is 0 Å². The zero-order valence-electron chi connectivity index (χ0n) is 14.1. The van der Waals surface area contributed by atoms with Crippen molar-refractivity contribution in [3.8, 4) is 0 Å². The molecule has 1 rings (SSSR count). The molecule has 1 unspecified atom stereocenters. The second-order valence-electron chi connectivity index (χ2n) is 5.90. The number of piperidine rings is 1. The van der Waals surface area contributed by atoms with Gasteiger partial charge in [0.1, 0.15) is 0 Å². The van der Waals surface area contributed by atoms with Crippen LogP contribution in [0.3, 0.4) is 0 Å². The lowest BCUT2D eigenvalue weighted by molar-refractivity contribution is -0.135. The van der Waals surface area contributed by atoms with Gasteiger partial charge in [-0.3, -0.25) is 14.5 Å². The third kappa shape index (κ3) is 7.96. The Labute approximate surface area is 140 Å². The Bertz CT molecular complexity index is 340. The largest absolute Gasteiger partial charge is 0.355 e. The Kier molecular flexibility index (Phi) is 11.2. The van der Waals surface area contributed by atoms with Gasteiger partial charge < -0.3 is 15.5 Å². The van der Waals surface area contributed by atoms with Crippen molar-refractivity contribution < 1.29 is 9.59 Å². The first kappa shape index (κ1) is 21.1. The van der Waals surface area contributed by atoms with Gasteiger partial charge in [-0.1, -0.05) is 6.92 Å². The monoisotopic (exact) mass is 334 g/mol. The average molecular weight is 335 g/mol. The molecule has 1 fully saturated rings. The number of likely N-dealkylation sites (N-methyl/N-ethyl adjacent to an activating group) is 1. The minimum Gasteiger partial charge on any atom is -0.355 e. The number of hydrogen-bond donors (Lipinski definition) is 2. The van der Waals surface area contributed by atoms with Crippen LogP contribution in [-0.2, 0) is 9.59 Å². The summed E-state index contributed by atoms with van der Waals surface area (Å²) in [4.78, 5) is 27.5. The van der Waals surface area contributed by atoms with Gasteiger partial charge in [-0.25, -0.2) is 0 Å². The number of amides is 2. The molecule has 0 aliphatic carbocycles. The fourth-order valence-electron chi connectivity index (χ4n) is 2.69. The lowest BCUT2D eigenvalue weighted by atomic mass is 9.98. The van der Waals surface area contributed by atoms with E-state index < -0.39 is 0 Å². The fraction of sp³-hybridized carbons (Fsp3) is 0.867. The molecule has 0 aromatic heterocycles. The smallest absolute Gasteiger partial charge is 0.239 e. The van der Waals surface area contributed by atoms with Crippen molar-refractivity contribution in [3.05, 3.63) is 0 Å². The molecule has 0 radical (unpaired) electrons. The van der Waals surface area contributed by atoms with Crippen molar-refractivity contribution in [1.82, 2.24) is 20.4 Å². The summed E-state index contributed by atoms with van der Waals surface area (Å²) >= 11 is 0. The standard InChI is InChI=1S/C15H30N4O2.ClH/c1-4-7-17-14(20)11-18(3)15(21)12-19-8-5-6-13(10-19)9-16-2;/h13,16H,4-12H2,1-3H3,(H,17,20);1H. The van der Waals surface area contributed by atoms with E-state index in [-0.39, 0.29) is 30.8 Å². The molecule has 130 valence electrons. The van der Waals surface area contributed by atoms with E-state index >= 15 is 0 Å². The van der Waals surface area contributed by atoms with E-state index in [1.807, 2.05) is 14.0 Å². The summed E-state index contributed by atoms with van der Waals surface area (Å²) in [6.07, 6.45) is 3.27. The van der Waals surface area contributed by atoms with Gasteiger partial charge in [0.2, 0.25) is 11.8 Å². The number of rotatable bonds is 8. The van der Waals surface area contributed by atoms with Gasteiger partial charge in [0.25, 0.3) is 0 Å². The summed E-state index contributed by atoms with van der Waals surface area (Å²) in [5.74, 6) is 0.556. The molecular formula is C15H31ClN4O2. The number of likely N-dealkylation sites (tertiary alicyclic amines) is 1. The highest BCUT2D eigenvalue weighted by Crippen LogP contribution is 2.15. The van der Waals surface area contributed by atoms with Crippen LogP contribution in [0.2, 0.25) is 0 Å². The molecule has 7 heteroatoms. The van der Waals surface area contributed by atoms with Crippen LogP contribution in [0.15, 0.2) is 0 Å². The molecule has 2 amide bonds. The molecule has 1 saturated heterocycles. The second-order valence-corrected chi connectivity index (χ2v) is 5.90. The molecule has 22 heavy (non-hydrogen) atoms. The van der Waals surface area contributed by atoms with Gasteiger partial charge in [-0.2, -0.15) is 0 Å². The third-order valence-electron chi connectivity index (χ3n) is 3.83. The molecule has 0 bridgehead atoms. The van der Waals surface area contributed by atoms with E-state index in [9.17, 15) is 9.59 Å². The molecule has 0 aromatic rings. The summed E-state index contributed by atoms with van der Waals surface area (Å²) in [7, 11) is 3.66. The van der Waals surface area contributed by atoms with Crippen molar-refractivity contribution in [3.63, 3.8) is 0 Å². The van der Waals surface area contributed by atoms with Crippen LogP contribution in [0, 0.1) is 5.92 Å². The second kappa shape index (κ2) is 11.7. The number of carbonyl (C=O) groups excluding carboxylic acids is 2. The Morgan fingerprint density at radius 3 is 2.73 bits per heavy atom. The Morgan fingerprint density at radius 2 is 2.09 bits per heavy atom. The molecule has 1 aliphatic rings. The third-order valence-corrected chi connectivity index (χ3v) is 3.83. The van der Waals surface area contributed by atoms with E-state index in [1.165, 1.54) is 11.3 Å². The molecule has 6 nitrogen and oxygen atoms in total. The van der Waals surface area contributed by atoms with Crippen LogP contribution in [-0.4, -0.2) is 75.0 Å².